The SMILES string of the molecule is CCC1(CC)OC1(CC)CCN1C(=O)C=CC1=O. The van der Waals surface area contributed by atoms with E-state index in [1.165, 1.54) is 17.1 Å². The molecular weight excluding hydrogens is 230 g/mol. The molecule has 0 N–H and O–H groups in total. The molecule has 4 heteroatoms. The largest absolute Gasteiger partial charge is 0.362 e. The Balaban J connectivity index is 1.98. The smallest absolute Gasteiger partial charge is 0.253 e. The van der Waals surface area contributed by atoms with Gasteiger partial charge in [-0.15, -0.1) is 0 Å². The van der Waals surface area contributed by atoms with Crippen LogP contribution in [-0.4, -0.2) is 34.5 Å². The van der Waals surface area contributed by atoms with Crippen molar-refractivity contribution in [2.24, 2.45) is 0 Å². The number of carbonyl (C=O) groups is 2. The molecule has 0 aliphatic carbocycles. The van der Waals surface area contributed by atoms with Crippen LogP contribution in [0.25, 0.3) is 0 Å². The summed E-state index contributed by atoms with van der Waals surface area (Å²) in [6.07, 6.45) is 6.31. The lowest BCUT2D eigenvalue weighted by Gasteiger charge is -2.20. The first-order valence-electron chi connectivity index (χ1n) is 6.78. The van der Waals surface area contributed by atoms with Crippen molar-refractivity contribution in [3.8, 4) is 0 Å². The predicted molar refractivity (Wildman–Crippen MR) is 67.9 cm³/mol. The van der Waals surface area contributed by atoms with E-state index in [4.69, 9.17) is 4.74 Å². The van der Waals surface area contributed by atoms with E-state index in [0.717, 1.165) is 25.7 Å². The molecule has 2 aliphatic heterocycles. The van der Waals surface area contributed by atoms with Crippen molar-refractivity contribution in [3.05, 3.63) is 12.2 Å². The summed E-state index contributed by atoms with van der Waals surface area (Å²) in [7, 11) is 0. The van der Waals surface area contributed by atoms with E-state index in [-0.39, 0.29) is 23.0 Å². The maximum Gasteiger partial charge on any atom is 0.253 e. The topological polar surface area (TPSA) is 49.9 Å². The summed E-state index contributed by atoms with van der Waals surface area (Å²) in [6, 6.07) is 0. The summed E-state index contributed by atoms with van der Waals surface area (Å²) in [5.41, 5.74) is -0.180. The van der Waals surface area contributed by atoms with Crippen molar-refractivity contribution in [1.82, 2.24) is 4.90 Å². The first-order valence-corrected chi connectivity index (χ1v) is 6.78. The molecule has 0 aromatic heterocycles. The average Bonchev–Trinajstić information content (AvgIpc) is 2.94. The Morgan fingerprint density at radius 1 is 1.00 bits per heavy atom. The average molecular weight is 251 g/mol. The molecule has 0 bridgehead atoms. The van der Waals surface area contributed by atoms with Gasteiger partial charge in [0.15, 0.2) is 0 Å². The fourth-order valence-electron chi connectivity index (χ4n) is 3.18. The number of carbonyl (C=O) groups excluding carboxylic acids is 2. The number of amides is 2. The molecule has 4 nitrogen and oxygen atoms in total. The maximum atomic E-state index is 11.5. The second kappa shape index (κ2) is 4.50. The van der Waals surface area contributed by atoms with Crippen molar-refractivity contribution < 1.29 is 14.3 Å². The van der Waals surface area contributed by atoms with Gasteiger partial charge in [0.05, 0.1) is 11.2 Å². The number of nitrogens with zero attached hydrogens (tertiary/aromatic N) is 1. The van der Waals surface area contributed by atoms with Crippen LogP contribution in [0.1, 0.15) is 46.5 Å². The highest BCUT2D eigenvalue weighted by Crippen LogP contribution is 2.57. The Morgan fingerprint density at radius 3 is 1.89 bits per heavy atom. The van der Waals surface area contributed by atoms with Crippen LogP contribution < -0.4 is 0 Å². The maximum absolute atomic E-state index is 11.5. The standard InChI is InChI=1S/C14H21NO3/c1-4-13(5-2)14(6-3,18-13)9-10-15-11(16)7-8-12(15)17/h7-8H,4-6,9-10H2,1-3H3. The van der Waals surface area contributed by atoms with Crippen LogP contribution in [0.4, 0.5) is 0 Å². The highest BCUT2D eigenvalue weighted by atomic mass is 16.6. The Kier molecular flexibility index (Phi) is 3.32. The van der Waals surface area contributed by atoms with Crippen LogP contribution >= 0.6 is 0 Å². The molecule has 2 aliphatic rings. The van der Waals surface area contributed by atoms with E-state index in [0.29, 0.717) is 6.54 Å². The Morgan fingerprint density at radius 2 is 1.50 bits per heavy atom. The van der Waals surface area contributed by atoms with Gasteiger partial charge in [-0.3, -0.25) is 14.5 Å². The van der Waals surface area contributed by atoms with E-state index in [9.17, 15) is 9.59 Å². The molecule has 1 unspecified atom stereocenters. The number of rotatable bonds is 6. The van der Waals surface area contributed by atoms with Crippen LogP contribution in [0.5, 0.6) is 0 Å². The summed E-state index contributed by atoms with van der Waals surface area (Å²) >= 11 is 0. The number of imide groups is 1. The third-order valence-corrected chi connectivity index (χ3v) is 4.53. The van der Waals surface area contributed by atoms with Crippen LogP contribution in [0.3, 0.4) is 0 Å². The van der Waals surface area contributed by atoms with Gasteiger partial charge in [-0.2, -0.15) is 0 Å². The first kappa shape index (κ1) is 13.3. The van der Waals surface area contributed by atoms with Crippen molar-refractivity contribution in [3.63, 3.8) is 0 Å². The fourth-order valence-corrected chi connectivity index (χ4v) is 3.18. The van der Waals surface area contributed by atoms with Crippen LogP contribution in [0.2, 0.25) is 0 Å². The molecule has 100 valence electrons. The molecule has 2 amide bonds. The highest BCUT2D eigenvalue weighted by molar-refractivity contribution is 6.12. The number of ether oxygens (including phenoxy) is 1. The third kappa shape index (κ3) is 1.79. The minimum atomic E-state index is -0.203. The molecule has 0 aromatic rings. The molecular formula is C14H21NO3. The van der Waals surface area contributed by atoms with Gasteiger partial charge in [0, 0.05) is 18.7 Å². The van der Waals surface area contributed by atoms with Gasteiger partial charge in [-0.1, -0.05) is 20.8 Å². The molecule has 0 radical (unpaired) electrons. The van der Waals surface area contributed by atoms with Gasteiger partial charge in [0.1, 0.15) is 0 Å². The predicted octanol–water partition coefficient (Wildman–Crippen LogP) is 2.04. The monoisotopic (exact) mass is 251 g/mol. The number of hydrogen-bond donors (Lipinski definition) is 0. The first-order chi connectivity index (χ1) is 8.54. The molecule has 1 fully saturated rings. The fraction of sp³-hybridized carbons (Fsp3) is 0.714. The molecule has 0 spiro atoms. The normalized spacial score (nSPS) is 29.2. The van der Waals surface area contributed by atoms with Gasteiger partial charge >= 0.3 is 0 Å². The summed E-state index contributed by atoms with van der Waals surface area (Å²) in [4.78, 5) is 24.3. The van der Waals surface area contributed by atoms with Crippen molar-refractivity contribution in [2.45, 2.75) is 57.7 Å². The lowest BCUT2D eigenvalue weighted by atomic mass is 9.83. The molecule has 0 aromatic carbocycles. The molecule has 2 heterocycles. The summed E-state index contributed by atoms with van der Waals surface area (Å²) in [6.45, 7) is 6.84. The van der Waals surface area contributed by atoms with Gasteiger partial charge in [-0.25, -0.2) is 0 Å². The van der Waals surface area contributed by atoms with Crippen molar-refractivity contribution in [1.29, 1.82) is 0 Å². The Labute approximate surface area is 108 Å². The second-order valence-electron chi connectivity index (χ2n) is 5.06. The van der Waals surface area contributed by atoms with E-state index in [1.54, 1.807) is 0 Å². The Bertz CT molecular complexity index is 380. The van der Waals surface area contributed by atoms with Crippen molar-refractivity contribution >= 4 is 11.8 Å². The minimum Gasteiger partial charge on any atom is -0.362 e. The van der Waals surface area contributed by atoms with E-state index >= 15 is 0 Å². The Hall–Kier alpha value is -1.16. The number of hydrogen-bond acceptors (Lipinski definition) is 3. The summed E-state index contributed by atoms with van der Waals surface area (Å²) in [5, 5.41) is 0. The molecule has 1 atom stereocenters. The van der Waals surface area contributed by atoms with E-state index in [2.05, 4.69) is 20.8 Å². The third-order valence-electron chi connectivity index (χ3n) is 4.53. The highest BCUT2D eigenvalue weighted by Gasteiger charge is 2.65. The van der Waals surface area contributed by atoms with E-state index < -0.39 is 0 Å². The number of epoxide rings is 1. The van der Waals surface area contributed by atoms with Gasteiger partial charge < -0.3 is 4.74 Å². The molecule has 2 rings (SSSR count). The second-order valence-corrected chi connectivity index (χ2v) is 5.06. The molecule has 18 heavy (non-hydrogen) atoms. The van der Waals surface area contributed by atoms with Crippen LogP contribution in [0, 0.1) is 0 Å². The summed E-state index contributed by atoms with van der Waals surface area (Å²) < 4.78 is 6.00. The zero-order valence-electron chi connectivity index (χ0n) is 11.4. The minimum absolute atomic E-state index is 0.0407. The molecule has 0 saturated carbocycles. The van der Waals surface area contributed by atoms with Gasteiger partial charge in [0.2, 0.25) is 0 Å². The van der Waals surface area contributed by atoms with Crippen LogP contribution in [-0.2, 0) is 14.3 Å². The van der Waals surface area contributed by atoms with Crippen LogP contribution in [0.15, 0.2) is 12.2 Å². The van der Waals surface area contributed by atoms with E-state index in [1.807, 2.05) is 0 Å². The van der Waals surface area contributed by atoms with Gasteiger partial charge in [0.25, 0.3) is 11.8 Å². The summed E-state index contributed by atoms with van der Waals surface area (Å²) in [5.74, 6) is -0.406. The molecule has 1 saturated heterocycles. The lowest BCUT2D eigenvalue weighted by molar-refractivity contribution is -0.137. The zero-order valence-corrected chi connectivity index (χ0v) is 11.4. The lowest BCUT2D eigenvalue weighted by Crippen LogP contribution is -2.35. The zero-order chi connectivity index (χ0) is 13.4. The van der Waals surface area contributed by atoms with Gasteiger partial charge in [-0.05, 0) is 25.7 Å². The quantitative estimate of drug-likeness (QED) is 0.536. The van der Waals surface area contributed by atoms with Crippen molar-refractivity contribution in [2.75, 3.05) is 6.54 Å².